The maximum absolute atomic E-state index is 12.8. The van der Waals surface area contributed by atoms with Gasteiger partial charge in [0.1, 0.15) is 6.04 Å². The Morgan fingerprint density at radius 2 is 2.00 bits per heavy atom. The van der Waals surface area contributed by atoms with E-state index in [0.717, 1.165) is 29.7 Å². The van der Waals surface area contributed by atoms with Crippen molar-refractivity contribution in [2.24, 2.45) is 0 Å². The number of aromatic nitrogens is 1. The van der Waals surface area contributed by atoms with E-state index in [1.54, 1.807) is 6.20 Å². The first-order valence-electron chi connectivity index (χ1n) is 8.71. The van der Waals surface area contributed by atoms with E-state index in [-0.39, 0.29) is 17.9 Å². The first kappa shape index (κ1) is 17.1. The SMILES string of the molecule is Cc1ccc([C@@H](NC(=O)[C@H]2CCCCC(=O)N2)c2ccccn2)cc1. The van der Waals surface area contributed by atoms with Gasteiger partial charge in [0.15, 0.2) is 0 Å². The summed E-state index contributed by atoms with van der Waals surface area (Å²) < 4.78 is 0. The third-order valence-electron chi connectivity index (χ3n) is 4.48. The van der Waals surface area contributed by atoms with Crippen LogP contribution in [0.3, 0.4) is 0 Å². The Bertz CT molecular complexity index is 728. The van der Waals surface area contributed by atoms with E-state index < -0.39 is 6.04 Å². The number of nitrogens with zero attached hydrogens (tertiary/aromatic N) is 1. The molecule has 1 aliphatic rings. The van der Waals surface area contributed by atoms with E-state index >= 15 is 0 Å². The van der Waals surface area contributed by atoms with Gasteiger partial charge < -0.3 is 10.6 Å². The minimum atomic E-state index is -0.480. The Kier molecular flexibility index (Phi) is 5.43. The molecule has 2 aromatic rings. The topological polar surface area (TPSA) is 71.1 Å². The lowest BCUT2D eigenvalue weighted by Crippen LogP contribution is -2.47. The quantitative estimate of drug-likeness (QED) is 0.901. The van der Waals surface area contributed by atoms with Gasteiger partial charge in [-0.1, -0.05) is 42.3 Å². The van der Waals surface area contributed by atoms with Crippen LogP contribution >= 0.6 is 0 Å². The second-order valence-electron chi connectivity index (χ2n) is 6.47. The van der Waals surface area contributed by atoms with Crippen LogP contribution in [0.2, 0.25) is 0 Å². The number of amides is 2. The van der Waals surface area contributed by atoms with Gasteiger partial charge >= 0.3 is 0 Å². The zero-order valence-electron chi connectivity index (χ0n) is 14.4. The number of benzene rings is 1. The molecule has 0 radical (unpaired) electrons. The van der Waals surface area contributed by atoms with E-state index in [2.05, 4.69) is 15.6 Å². The first-order valence-corrected chi connectivity index (χ1v) is 8.71. The Balaban J connectivity index is 1.83. The second-order valence-corrected chi connectivity index (χ2v) is 6.47. The number of rotatable bonds is 4. The molecule has 1 aliphatic heterocycles. The molecule has 0 aliphatic carbocycles. The van der Waals surface area contributed by atoms with Gasteiger partial charge in [-0.2, -0.15) is 0 Å². The third kappa shape index (κ3) is 4.44. The number of hydrogen-bond donors (Lipinski definition) is 2. The summed E-state index contributed by atoms with van der Waals surface area (Å²) in [6.07, 6.45) is 4.58. The fourth-order valence-electron chi connectivity index (χ4n) is 3.05. The molecule has 2 heterocycles. The Labute approximate surface area is 147 Å². The molecule has 5 nitrogen and oxygen atoms in total. The van der Waals surface area contributed by atoms with Gasteiger partial charge in [0.05, 0.1) is 11.7 Å². The number of nitrogens with one attached hydrogen (secondary N) is 2. The van der Waals surface area contributed by atoms with Gasteiger partial charge in [-0.3, -0.25) is 14.6 Å². The van der Waals surface area contributed by atoms with Crippen LogP contribution in [0.25, 0.3) is 0 Å². The standard InChI is InChI=1S/C20H23N3O2/c1-14-9-11-15(12-10-14)19(16-6-4-5-13-21-16)23-20(25)17-7-2-3-8-18(24)22-17/h4-6,9-13,17,19H,2-3,7-8H2,1H3,(H,22,24)(H,23,25)/t17-,19-/m1/s1. The van der Waals surface area contributed by atoms with Crippen molar-refractivity contribution >= 4 is 11.8 Å². The highest BCUT2D eigenvalue weighted by molar-refractivity contribution is 5.88. The number of carbonyl (C=O) groups is 2. The molecule has 0 saturated carbocycles. The summed E-state index contributed by atoms with van der Waals surface area (Å²) in [5, 5.41) is 5.90. The van der Waals surface area contributed by atoms with E-state index in [0.29, 0.717) is 12.8 Å². The van der Waals surface area contributed by atoms with Gasteiger partial charge in [0.2, 0.25) is 11.8 Å². The third-order valence-corrected chi connectivity index (χ3v) is 4.48. The monoisotopic (exact) mass is 337 g/mol. The normalized spacial score (nSPS) is 18.8. The smallest absolute Gasteiger partial charge is 0.243 e. The number of carbonyl (C=O) groups excluding carboxylic acids is 2. The molecule has 1 aromatic carbocycles. The summed E-state index contributed by atoms with van der Waals surface area (Å²) in [5.74, 6) is -0.214. The summed E-state index contributed by atoms with van der Waals surface area (Å²) in [5.41, 5.74) is 2.91. The minimum Gasteiger partial charge on any atom is -0.344 e. The van der Waals surface area contributed by atoms with Crippen molar-refractivity contribution in [3.63, 3.8) is 0 Å². The van der Waals surface area contributed by atoms with Crippen LogP contribution in [0.5, 0.6) is 0 Å². The van der Waals surface area contributed by atoms with Crippen molar-refractivity contribution in [1.29, 1.82) is 0 Å². The van der Waals surface area contributed by atoms with E-state index in [1.807, 2.05) is 49.4 Å². The summed E-state index contributed by atoms with van der Waals surface area (Å²) in [6, 6.07) is 12.9. The maximum Gasteiger partial charge on any atom is 0.243 e. The molecule has 0 spiro atoms. The van der Waals surface area contributed by atoms with Crippen LogP contribution in [-0.4, -0.2) is 22.8 Å². The zero-order valence-corrected chi connectivity index (χ0v) is 14.4. The summed E-state index contributed by atoms with van der Waals surface area (Å²) in [6.45, 7) is 2.03. The molecule has 2 N–H and O–H groups in total. The van der Waals surface area contributed by atoms with E-state index in [4.69, 9.17) is 0 Å². The molecule has 25 heavy (non-hydrogen) atoms. The Hall–Kier alpha value is -2.69. The maximum atomic E-state index is 12.8. The van der Waals surface area contributed by atoms with Crippen molar-refractivity contribution in [1.82, 2.24) is 15.6 Å². The number of hydrogen-bond acceptors (Lipinski definition) is 3. The molecular formula is C20H23N3O2. The molecule has 130 valence electrons. The fourth-order valence-corrected chi connectivity index (χ4v) is 3.05. The van der Waals surface area contributed by atoms with Crippen molar-refractivity contribution in [3.05, 3.63) is 65.5 Å². The lowest BCUT2D eigenvalue weighted by Gasteiger charge is -2.23. The number of aryl methyl sites for hydroxylation is 1. The van der Waals surface area contributed by atoms with Crippen LogP contribution in [0.1, 0.15) is 48.5 Å². The highest BCUT2D eigenvalue weighted by Gasteiger charge is 2.26. The Morgan fingerprint density at radius 1 is 1.20 bits per heavy atom. The predicted molar refractivity (Wildman–Crippen MR) is 95.8 cm³/mol. The molecule has 0 bridgehead atoms. The largest absolute Gasteiger partial charge is 0.344 e. The zero-order chi connectivity index (χ0) is 17.6. The average molecular weight is 337 g/mol. The molecule has 1 fully saturated rings. The van der Waals surface area contributed by atoms with Crippen molar-refractivity contribution in [3.8, 4) is 0 Å². The van der Waals surface area contributed by atoms with Gasteiger partial charge in [-0.25, -0.2) is 0 Å². The van der Waals surface area contributed by atoms with Gasteiger partial charge in [0, 0.05) is 12.6 Å². The summed E-state index contributed by atoms with van der Waals surface area (Å²) in [4.78, 5) is 28.9. The van der Waals surface area contributed by atoms with E-state index in [1.165, 1.54) is 0 Å². The summed E-state index contributed by atoms with van der Waals surface area (Å²) in [7, 11) is 0. The molecular weight excluding hydrogens is 314 g/mol. The van der Waals surface area contributed by atoms with Crippen LogP contribution in [0.15, 0.2) is 48.7 Å². The molecule has 1 saturated heterocycles. The van der Waals surface area contributed by atoms with Crippen molar-refractivity contribution in [2.45, 2.75) is 44.7 Å². The molecule has 2 amide bonds. The second kappa shape index (κ2) is 7.92. The molecule has 1 aromatic heterocycles. The van der Waals surface area contributed by atoms with Gasteiger partial charge in [-0.05, 0) is 37.5 Å². The highest BCUT2D eigenvalue weighted by Crippen LogP contribution is 2.21. The van der Waals surface area contributed by atoms with Crippen LogP contribution in [0.4, 0.5) is 0 Å². The average Bonchev–Trinajstić information content (AvgIpc) is 2.86. The molecule has 5 heteroatoms. The fraction of sp³-hybridized carbons (Fsp3) is 0.350. The van der Waals surface area contributed by atoms with E-state index in [9.17, 15) is 9.59 Å². The molecule has 2 atom stereocenters. The van der Waals surface area contributed by atoms with Gasteiger partial charge in [0.25, 0.3) is 0 Å². The predicted octanol–water partition coefficient (Wildman–Crippen LogP) is 2.65. The van der Waals surface area contributed by atoms with Crippen LogP contribution in [-0.2, 0) is 9.59 Å². The number of pyridine rings is 1. The van der Waals surface area contributed by atoms with Crippen molar-refractivity contribution < 1.29 is 9.59 Å². The lowest BCUT2D eigenvalue weighted by atomic mass is 10.0. The van der Waals surface area contributed by atoms with Crippen LogP contribution < -0.4 is 10.6 Å². The molecule has 0 unspecified atom stereocenters. The lowest BCUT2D eigenvalue weighted by molar-refractivity contribution is -0.128. The minimum absolute atomic E-state index is 0.0534. The highest BCUT2D eigenvalue weighted by atomic mass is 16.2. The summed E-state index contributed by atoms with van der Waals surface area (Å²) >= 11 is 0. The molecule has 3 rings (SSSR count). The Morgan fingerprint density at radius 3 is 2.72 bits per heavy atom. The first-order chi connectivity index (χ1) is 12.1. The van der Waals surface area contributed by atoms with Gasteiger partial charge in [-0.15, -0.1) is 0 Å². The van der Waals surface area contributed by atoms with Crippen molar-refractivity contribution in [2.75, 3.05) is 0 Å². The van der Waals surface area contributed by atoms with Crippen LogP contribution in [0, 0.1) is 6.92 Å².